The van der Waals surface area contributed by atoms with Crippen LogP contribution in [0.4, 0.5) is 4.79 Å². The van der Waals surface area contributed by atoms with Crippen LogP contribution in [-0.4, -0.2) is 87.6 Å². The van der Waals surface area contributed by atoms with Crippen LogP contribution in [0.5, 0.6) is 0 Å². The highest BCUT2D eigenvalue weighted by Gasteiger charge is 2.31. The molecule has 1 aliphatic heterocycles. The van der Waals surface area contributed by atoms with Gasteiger partial charge in [0.15, 0.2) is 5.60 Å². The lowest BCUT2D eigenvalue weighted by Crippen LogP contribution is -2.56. The summed E-state index contributed by atoms with van der Waals surface area (Å²) in [6.45, 7) is 7.09. The van der Waals surface area contributed by atoms with Gasteiger partial charge in [0.05, 0.1) is 12.1 Å². The monoisotopic (exact) mass is 303 g/mol. The summed E-state index contributed by atoms with van der Waals surface area (Å²) in [5, 5.41) is 30.5. The molecule has 1 fully saturated rings. The molecule has 0 aromatic heterocycles. The summed E-state index contributed by atoms with van der Waals surface area (Å²) in [6, 6.07) is -0.389. The molecule has 0 aliphatic carbocycles. The van der Waals surface area contributed by atoms with Crippen LogP contribution in [0.1, 0.15) is 20.8 Å². The molecule has 0 spiro atoms. The van der Waals surface area contributed by atoms with Crippen LogP contribution in [0.2, 0.25) is 0 Å². The summed E-state index contributed by atoms with van der Waals surface area (Å²) < 4.78 is 0. The topological polar surface area (TPSA) is 113 Å². The fraction of sp³-hybridized carbons (Fsp3) is 0.846. The molecule has 1 unspecified atom stereocenters. The van der Waals surface area contributed by atoms with Gasteiger partial charge in [-0.05, 0) is 20.8 Å². The second-order valence-corrected chi connectivity index (χ2v) is 6.31. The third kappa shape index (κ3) is 5.86. The molecule has 0 aromatic carbocycles. The van der Waals surface area contributed by atoms with E-state index in [1.807, 2.05) is 0 Å². The Morgan fingerprint density at radius 2 is 1.62 bits per heavy atom. The van der Waals surface area contributed by atoms with Gasteiger partial charge in [0.25, 0.3) is 0 Å². The summed E-state index contributed by atoms with van der Waals surface area (Å²) in [5.41, 5.74) is -2.75. The first-order valence-corrected chi connectivity index (χ1v) is 6.94. The Balaban J connectivity index is 2.37. The van der Waals surface area contributed by atoms with E-state index >= 15 is 0 Å². The molecule has 8 nitrogen and oxygen atoms in total. The Bertz CT molecular complexity index is 384. The minimum Gasteiger partial charge on any atom is -0.479 e. The van der Waals surface area contributed by atoms with Crippen LogP contribution in [-0.2, 0) is 4.79 Å². The fourth-order valence-corrected chi connectivity index (χ4v) is 2.09. The average molecular weight is 303 g/mol. The summed E-state index contributed by atoms with van der Waals surface area (Å²) >= 11 is 0. The minimum atomic E-state index is -1.97. The Kier molecular flexibility index (Phi) is 5.54. The molecule has 1 heterocycles. The molecule has 1 saturated heterocycles. The molecule has 1 atom stereocenters. The van der Waals surface area contributed by atoms with Crippen LogP contribution in [0.25, 0.3) is 0 Å². The summed E-state index contributed by atoms with van der Waals surface area (Å²) in [5.74, 6) is -1.38. The van der Waals surface area contributed by atoms with E-state index < -0.39 is 17.2 Å². The lowest BCUT2D eigenvalue weighted by atomic mass is 10.1. The number of rotatable bonds is 5. The summed E-state index contributed by atoms with van der Waals surface area (Å²) in [6.07, 6.45) is 0. The number of carboxylic acids is 1. The third-order valence-corrected chi connectivity index (χ3v) is 3.31. The predicted molar refractivity (Wildman–Crippen MR) is 76.0 cm³/mol. The zero-order valence-electron chi connectivity index (χ0n) is 12.8. The smallest absolute Gasteiger partial charge is 0.337 e. The number of carbonyl (C=O) groups is 2. The van der Waals surface area contributed by atoms with E-state index in [1.165, 1.54) is 0 Å². The molecule has 0 bridgehead atoms. The first-order valence-electron chi connectivity index (χ1n) is 6.94. The third-order valence-electron chi connectivity index (χ3n) is 3.31. The number of nitrogens with one attached hydrogen (secondary N) is 1. The van der Waals surface area contributed by atoms with Crippen molar-refractivity contribution in [3.63, 3.8) is 0 Å². The van der Waals surface area contributed by atoms with E-state index in [-0.39, 0.29) is 12.6 Å². The van der Waals surface area contributed by atoms with Gasteiger partial charge in [-0.3, -0.25) is 4.90 Å². The maximum absolute atomic E-state index is 11.9. The van der Waals surface area contributed by atoms with Crippen LogP contribution >= 0.6 is 0 Å². The maximum Gasteiger partial charge on any atom is 0.337 e. The number of carbonyl (C=O) groups excluding carboxylic acids is 1. The predicted octanol–water partition coefficient (Wildman–Crippen LogP) is -1.08. The van der Waals surface area contributed by atoms with Gasteiger partial charge in [-0.2, -0.15) is 0 Å². The Morgan fingerprint density at radius 1 is 1.10 bits per heavy atom. The average Bonchev–Trinajstić information content (AvgIpc) is 2.35. The number of piperazine rings is 1. The largest absolute Gasteiger partial charge is 0.479 e. The Hall–Kier alpha value is -1.38. The molecule has 2 amide bonds. The van der Waals surface area contributed by atoms with Gasteiger partial charge in [-0.25, -0.2) is 9.59 Å². The number of carboxylic acid groups (broad SMARTS) is 1. The zero-order valence-corrected chi connectivity index (χ0v) is 12.8. The van der Waals surface area contributed by atoms with E-state index in [0.29, 0.717) is 32.7 Å². The normalized spacial score (nSPS) is 20.0. The first-order chi connectivity index (χ1) is 9.51. The van der Waals surface area contributed by atoms with Gasteiger partial charge >= 0.3 is 12.0 Å². The van der Waals surface area contributed by atoms with Crippen LogP contribution < -0.4 is 5.32 Å². The molecule has 1 rings (SSSR count). The van der Waals surface area contributed by atoms with Gasteiger partial charge in [0.2, 0.25) is 0 Å². The van der Waals surface area contributed by atoms with Crippen LogP contribution in [0, 0.1) is 0 Å². The number of aliphatic hydroxyl groups is 2. The van der Waals surface area contributed by atoms with E-state index in [2.05, 4.69) is 10.2 Å². The van der Waals surface area contributed by atoms with E-state index in [4.69, 9.17) is 5.11 Å². The Morgan fingerprint density at radius 3 is 2.05 bits per heavy atom. The summed E-state index contributed by atoms with van der Waals surface area (Å²) in [7, 11) is 0. The molecular weight excluding hydrogens is 278 g/mol. The molecule has 8 heteroatoms. The Labute approximate surface area is 124 Å². The number of hydrogen-bond donors (Lipinski definition) is 4. The second kappa shape index (κ2) is 6.59. The second-order valence-electron chi connectivity index (χ2n) is 6.31. The number of amides is 2. The van der Waals surface area contributed by atoms with Crippen molar-refractivity contribution < 1.29 is 24.9 Å². The van der Waals surface area contributed by atoms with Gasteiger partial charge in [-0.1, -0.05) is 0 Å². The van der Waals surface area contributed by atoms with Crippen molar-refractivity contribution in [2.45, 2.75) is 32.0 Å². The van der Waals surface area contributed by atoms with Gasteiger partial charge in [-0.15, -0.1) is 0 Å². The first kappa shape index (κ1) is 17.7. The number of urea groups is 1. The van der Waals surface area contributed by atoms with Crippen molar-refractivity contribution >= 4 is 12.0 Å². The highest BCUT2D eigenvalue weighted by molar-refractivity contribution is 5.79. The van der Waals surface area contributed by atoms with Crippen molar-refractivity contribution in [3.05, 3.63) is 0 Å². The molecule has 0 saturated carbocycles. The standard InChI is InChI=1S/C13H25N3O5/c1-12(2,20)9-15-4-6-16(7-5-15)11(19)14-8-13(3,21)10(17)18/h20-21H,4-9H2,1-3H3,(H,14,19)(H,17,18). The van der Waals surface area contributed by atoms with Crippen molar-refractivity contribution in [2.24, 2.45) is 0 Å². The van der Waals surface area contributed by atoms with Gasteiger partial charge < -0.3 is 25.5 Å². The van der Waals surface area contributed by atoms with E-state index in [9.17, 15) is 19.8 Å². The molecule has 0 aromatic rings. The molecule has 122 valence electrons. The minimum absolute atomic E-state index is 0.342. The van der Waals surface area contributed by atoms with Crippen LogP contribution in [0.3, 0.4) is 0 Å². The summed E-state index contributed by atoms with van der Waals surface area (Å²) in [4.78, 5) is 26.3. The highest BCUT2D eigenvalue weighted by Crippen LogP contribution is 2.09. The fourth-order valence-electron chi connectivity index (χ4n) is 2.09. The molecule has 4 N–H and O–H groups in total. The van der Waals surface area contributed by atoms with Crippen molar-refractivity contribution in [3.8, 4) is 0 Å². The lowest BCUT2D eigenvalue weighted by Gasteiger charge is -2.37. The highest BCUT2D eigenvalue weighted by atomic mass is 16.4. The van der Waals surface area contributed by atoms with Crippen LogP contribution in [0.15, 0.2) is 0 Å². The van der Waals surface area contributed by atoms with Crippen molar-refractivity contribution in [1.29, 1.82) is 0 Å². The number of nitrogens with zero attached hydrogens (tertiary/aromatic N) is 2. The van der Waals surface area contributed by atoms with E-state index in [1.54, 1.807) is 18.7 Å². The number of β-amino-alcohol motifs (C(OH)–C–C–N with tert-alkyl or cyclic N) is 1. The maximum atomic E-state index is 11.9. The van der Waals surface area contributed by atoms with Gasteiger partial charge in [0, 0.05) is 32.7 Å². The number of hydrogen-bond acceptors (Lipinski definition) is 5. The van der Waals surface area contributed by atoms with Gasteiger partial charge in [0.1, 0.15) is 0 Å². The molecule has 21 heavy (non-hydrogen) atoms. The number of aliphatic carboxylic acids is 1. The lowest BCUT2D eigenvalue weighted by molar-refractivity contribution is -0.155. The SMILES string of the molecule is CC(C)(O)CN1CCN(C(=O)NCC(C)(O)C(=O)O)CC1. The zero-order chi connectivity index (χ0) is 16.3. The van der Waals surface area contributed by atoms with Crippen molar-refractivity contribution in [2.75, 3.05) is 39.3 Å². The van der Waals surface area contributed by atoms with Crippen molar-refractivity contribution in [1.82, 2.24) is 15.1 Å². The molecule has 0 radical (unpaired) electrons. The molecular formula is C13H25N3O5. The molecule has 1 aliphatic rings. The van der Waals surface area contributed by atoms with E-state index in [0.717, 1.165) is 6.92 Å². The quantitative estimate of drug-likeness (QED) is 0.514.